The van der Waals surface area contributed by atoms with E-state index in [4.69, 9.17) is 13.3 Å². The maximum atomic E-state index is 11.7. The van der Waals surface area contributed by atoms with Crippen LogP contribution in [0.25, 0.3) is 0 Å². The lowest BCUT2D eigenvalue weighted by molar-refractivity contribution is -0.117. The first-order valence-electron chi connectivity index (χ1n) is 7.36. The smallest absolute Gasteiger partial charge is 0.372 e. The monoisotopic (exact) mass is 303 g/mol. The molecule has 0 radical (unpaired) electrons. The van der Waals surface area contributed by atoms with E-state index in [0.717, 1.165) is 19.3 Å². The zero-order chi connectivity index (χ0) is 15.4. The maximum absolute atomic E-state index is 11.7. The molecule has 118 valence electrons. The minimum atomic E-state index is -2.84. The number of nitrogens with one attached hydrogen (secondary N) is 1. The largest absolute Gasteiger partial charge is 0.521 e. The highest BCUT2D eigenvalue weighted by Crippen LogP contribution is 2.11. The van der Waals surface area contributed by atoms with Gasteiger partial charge in [0.1, 0.15) is 0 Å². The van der Waals surface area contributed by atoms with Crippen LogP contribution in [0.2, 0.25) is 0 Å². The first-order valence-corrected chi connectivity index (χ1v) is 9.30. The van der Waals surface area contributed by atoms with Gasteiger partial charge in [0, 0.05) is 25.4 Å². The molecule has 1 amide bonds. The van der Waals surface area contributed by atoms with Crippen molar-refractivity contribution in [1.82, 2.24) is 5.32 Å². The average molecular weight is 303 g/mol. The molecule has 0 atom stereocenters. The highest BCUT2D eigenvalue weighted by atomic mass is 28.4. The number of hydrogen-bond donors (Lipinski definition) is 1. The van der Waals surface area contributed by atoms with Gasteiger partial charge in [0.25, 0.3) is 0 Å². The van der Waals surface area contributed by atoms with Crippen LogP contribution in [0.4, 0.5) is 0 Å². The van der Waals surface area contributed by atoms with Crippen LogP contribution in [0.5, 0.6) is 0 Å². The molecule has 0 heterocycles. The third-order valence-corrected chi connectivity index (χ3v) is 4.97. The zero-order valence-electron chi connectivity index (χ0n) is 13.3. The van der Waals surface area contributed by atoms with E-state index in [-0.39, 0.29) is 5.91 Å². The maximum Gasteiger partial charge on any atom is 0.521 e. The molecule has 0 spiro atoms. The summed E-state index contributed by atoms with van der Waals surface area (Å²) in [5, 5.41) is 2.80. The van der Waals surface area contributed by atoms with E-state index in [0.29, 0.717) is 31.6 Å². The molecule has 1 N–H and O–H groups in total. The Morgan fingerprint density at radius 1 is 1.00 bits per heavy atom. The fourth-order valence-electron chi connectivity index (χ4n) is 1.39. The summed E-state index contributed by atoms with van der Waals surface area (Å²) >= 11 is 0. The van der Waals surface area contributed by atoms with Crippen molar-refractivity contribution in [3.63, 3.8) is 0 Å². The minimum absolute atomic E-state index is 0.192. The summed E-state index contributed by atoms with van der Waals surface area (Å²) in [6.45, 7) is 13.1. The number of amides is 1. The second-order valence-electron chi connectivity index (χ2n) is 4.69. The molecule has 20 heavy (non-hydrogen) atoms. The van der Waals surface area contributed by atoms with Crippen molar-refractivity contribution in [1.29, 1.82) is 0 Å². The quantitative estimate of drug-likeness (QED) is 0.444. The van der Waals surface area contributed by atoms with Gasteiger partial charge >= 0.3 is 8.80 Å². The summed E-state index contributed by atoms with van der Waals surface area (Å²) in [5.74, 6) is -0.192. The molecular weight excluding hydrogens is 274 g/mol. The Balaban J connectivity index is 4.73. The van der Waals surface area contributed by atoms with Gasteiger partial charge in [-0.1, -0.05) is 27.4 Å². The number of carbonyl (C=O) groups is 1. The van der Waals surface area contributed by atoms with Crippen molar-refractivity contribution in [3.05, 3.63) is 12.2 Å². The highest BCUT2D eigenvalue weighted by molar-refractivity contribution is 6.61. The molecule has 0 saturated heterocycles. The van der Waals surface area contributed by atoms with Crippen molar-refractivity contribution in [2.45, 2.75) is 47.0 Å². The van der Waals surface area contributed by atoms with Crippen LogP contribution < -0.4 is 5.32 Å². The lowest BCUT2D eigenvalue weighted by Gasteiger charge is -2.29. The van der Waals surface area contributed by atoms with Crippen molar-refractivity contribution in [2.24, 2.45) is 0 Å². The molecule has 0 aromatic heterocycles. The van der Waals surface area contributed by atoms with Gasteiger partial charge in [-0.3, -0.25) is 4.79 Å². The lowest BCUT2D eigenvalue weighted by atomic mass is 10.3. The van der Waals surface area contributed by atoms with E-state index in [2.05, 4.69) is 11.9 Å². The fourth-order valence-corrected chi connectivity index (χ4v) is 3.87. The summed E-state index contributed by atoms with van der Waals surface area (Å²) < 4.78 is 17.6. The van der Waals surface area contributed by atoms with E-state index < -0.39 is 8.80 Å². The Morgan fingerprint density at radius 2 is 1.40 bits per heavy atom. The van der Waals surface area contributed by atoms with E-state index >= 15 is 0 Å². The van der Waals surface area contributed by atoms with Gasteiger partial charge < -0.3 is 18.6 Å². The van der Waals surface area contributed by atoms with Gasteiger partial charge in [-0.2, -0.15) is 0 Å². The van der Waals surface area contributed by atoms with Crippen molar-refractivity contribution < 1.29 is 18.1 Å². The molecule has 0 aliphatic carbocycles. The normalized spacial score (nSPS) is 11.4. The van der Waals surface area contributed by atoms with Gasteiger partial charge in [0.15, 0.2) is 0 Å². The molecule has 0 rings (SSSR count). The first-order chi connectivity index (χ1) is 9.51. The fraction of sp³-hybridized carbons (Fsp3) is 0.786. The second-order valence-corrected chi connectivity index (χ2v) is 7.28. The van der Waals surface area contributed by atoms with Crippen LogP contribution in [0.1, 0.15) is 47.0 Å². The average Bonchev–Trinajstić information content (AvgIpc) is 2.45. The van der Waals surface area contributed by atoms with Gasteiger partial charge in [-0.05, 0) is 26.2 Å². The first kappa shape index (κ1) is 19.3. The SMILES string of the molecule is C=C(C)C(=O)NC[Si](OCCC)(OCCC)OCCC. The third kappa shape index (κ3) is 7.79. The summed E-state index contributed by atoms with van der Waals surface area (Å²) in [6.07, 6.45) is 2.94. The predicted octanol–water partition coefficient (Wildman–Crippen LogP) is 2.44. The standard InChI is InChI=1S/C14H29NO4Si/c1-6-9-17-20(18-10-7-2,19-11-8-3)12-15-14(16)13(4)5/h4,6-12H2,1-3,5H3,(H,15,16). The Kier molecular flexibility index (Phi) is 10.6. The molecule has 5 nitrogen and oxygen atoms in total. The minimum Gasteiger partial charge on any atom is -0.372 e. The molecule has 0 aromatic rings. The van der Waals surface area contributed by atoms with Crippen LogP contribution in [-0.2, 0) is 18.1 Å². The summed E-state index contributed by atoms with van der Waals surface area (Å²) in [4.78, 5) is 11.7. The van der Waals surface area contributed by atoms with Gasteiger partial charge in [-0.25, -0.2) is 0 Å². The second kappa shape index (κ2) is 11.0. The van der Waals surface area contributed by atoms with Crippen molar-refractivity contribution in [2.75, 3.05) is 26.0 Å². The zero-order valence-corrected chi connectivity index (χ0v) is 14.3. The molecule has 0 bridgehead atoms. The molecular formula is C14H29NO4Si. The Labute approximate surface area is 124 Å². The van der Waals surface area contributed by atoms with Crippen molar-refractivity contribution >= 4 is 14.7 Å². The van der Waals surface area contributed by atoms with Gasteiger partial charge in [0.05, 0.1) is 6.17 Å². The summed E-state index contributed by atoms with van der Waals surface area (Å²) in [6, 6.07) is 0. The molecule has 0 saturated carbocycles. The lowest BCUT2D eigenvalue weighted by Crippen LogP contribution is -2.55. The van der Waals surface area contributed by atoms with Crippen molar-refractivity contribution in [3.8, 4) is 0 Å². The molecule has 0 unspecified atom stereocenters. The summed E-state index contributed by atoms with van der Waals surface area (Å²) in [7, 11) is -2.84. The number of hydrogen-bond acceptors (Lipinski definition) is 4. The van der Waals surface area contributed by atoms with E-state index in [1.807, 2.05) is 20.8 Å². The van der Waals surface area contributed by atoms with Crippen LogP contribution in [0.15, 0.2) is 12.2 Å². The van der Waals surface area contributed by atoms with E-state index in [9.17, 15) is 4.79 Å². The Morgan fingerprint density at radius 3 is 1.70 bits per heavy atom. The molecule has 0 fully saturated rings. The highest BCUT2D eigenvalue weighted by Gasteiger charge is 2.41. The van der Waals surface area contributed by atoms with Gasteiger partial charge in [-0.15, -0.1) is 0 Å². The van der Waals surface area contributed by atoms with Gasteiger partial charge in [0.2, 0.25) is 5.91 Å². The Hall–Kier alpha value is -0.693. The molecule has 0 aliphatic heterocycles. The van der Waals surface area contributed by atoms with Crippen LogP contribution >= 0.6 is 0 Å². The van der Waals surface area contributed by atoms with Crippen LogP contribution in [0.3, 0.4) is 0 Å². The topological polar surface area (TPSA) is 56.8 Å². The third-order valence-electron chi connectivity index (χ3n) is 2.43. The van der Waals surface area contributed by atoms with E-state index in [1.165, 1.54) is 0 Å². The number of rotatable bonds is 12. The Bertz CT molecular complexity index is 275. The molecule has 6 heteroatoms. The van der Waals surface area contributed by atoms with E-state index in [1.54, 1.807) is 6.92 Å². The summed E-state index contributed by atoms with van der Waals surface area (Å²) in [5.41, 5.74) is 0.467. The predicted molar refractivity (Wildman–Crippen MR) is 82.3 cm³/mol. The number of carbonyl (C=O) groups excluding carboxylic acids is 1. The van der Waals surface area contributed by atoms with Crippen LogP contribution in [0, 0.1) is 0 Å². The van der Waals surface area contributed by atoms with Crippen LogP contribution in [-0.4, -0.2) is 40.7 Å². The molecule has 0 aliphatic rings. The molecule has 0 aromatic carbocycles.